The summed E-state index contributed by atoms with van der Waals surface area (Å²) in [5, 5.41) is 3.32. The molecule has 0 aromatic carbocycles. The van der Waals surface area contributed by atoms with Crippen molar-refractivity contribution in [3.63, 3.8) is 0 Å². The molecule has 0 spiro atoms. The van der Waals surface area contributed by atoms with Gasteiger partial charge in [-0.05, 0) is 34.2 Å². The minimum Gasteiger partial charge on any atom is -0.378 e. The highest BCUT2D eigenvalue weighted by Crippen LogP contribution is 2.24. The van der Waals surface area contributed by atoms with E-state index >= 15 is 0 Å². The van der Waals surface area contributed by atoms with Gasteiger partial charge < -0.3 is 14.8 Å². The van der Waals surface area contributed by atoms with E-state index in [0.717, 1.165) is 19.6 Å². The number of nitrogens with one attached hydrogen (secondary N) is 1. The van der Waals surface area contributed by atoms with Gasteiger partial charge in [-0.3, -0.25) is 0 Å². The summed E-state index contributed by atoms with van der Waals surface area (Å²) in [5.74, 6) is 0.596. The summed E-state index contributed by atoms with van der Waals surface area (Å²) >= 11 is 0. The van der Waals surface area contributed by atoms with Crippen molar-refractivity contribution in [3.8, 4) is 0 Å². The molecule has 0 aromatic heterocycles. The highest BCUT2D eigenvalue weighted by molar-refractivity contribution is 4.83. The van der Waals surface area contributed by atoms with Gasteiger partial charge in [0.15, 0.2) is 0 Å². The van der Waals surface area contributed by atoms with Crippen LogP contribution in [0.1, 0.15) is 27.2 Å². The van der Waals surface area contributed by atoms with E-state index in [9.17, 15) is 0 Å². The molecule has 0 amide bonds. The minimum absolute atomic E-state index is 0.309. The molecule has 3 unspecified atom stereocenters. The molecule has 1 fully saturated rings. The second-order valence-corrected chi connectivity index (χ2v) is 4.31. The largest absolute Gasteiger partial charge is 0.378 e. The molecule has 1 heterocycles. The highest BCUT2D eigenvalue weighted by Gasteiger charge is 2.31. The topological polar surface area (TPSA) is 30.5 Å². The smallest absolute Gasteiger partial charge is 0.0626 e. The van der Waals surface area contributed by atoms with E-state index in [0.29, 0.717) is 24.2 Å². The minimum atomic E-state index is 0.309. The van der Waals surface area contributed by atoms with E-state index in [-0.39, 0.29) is 0 Å². The molecule has 3 nitrogen and oxygen atoms in total. The first-order valence-electron chi connectivity index (χ1n) is 5.55. The summed E-state index contributed by atoms with van der Waals surface area (Å²) in [6.07, 6.45) is 1.82. The van der Waals surface area contributed by atoms with Gasteiger partial charge in [0, 0.05) is 18.6 Å². The Bertz CT molecular complexity index is 161. The van der Waals surface area contributed by atoms with Gasteiger partial charge in [0.2, 0.25) is 0 Å². The second-order valence-electron chi connectivity index (χ2n) is 4.31. The first-order chi connectivity index (χ1) is 6.65. The van der Waals surface area contributed by atoms with Crippen LogP contribution in [0.2, 0.25) is 0 Å². The highest BCUT2D eigenvalue weighted by atomic mass is 16.5. The molecule has 1 aliphatic rings. The first-order valence-corrected chi connectivity index (χ1v) is 5.55. The Balaban J connectivity index is 2.36. The van der Waals surface area contributed by atoms with Gasteiger partial charge in [-0.15, -0.1) is 0 Å². The Hall–Kier alpha value is -0.120. The zero-order valence-corrected chi connectivity index (χ0v) is 9.75. The fourth-order valence-corrected chi connectivity index (χ4v) is 1.99. The lowest BCUT2D eigenvalue weighted by Crippen LogP contribution is -2.41. The third-order valence-electron chi connectivity index (χ3n) is 2.93. The maximum absolute atomic E-state index is 5.64. The monoisotopic (exact) mass is 201 g/mol. The normalized spacial score (nSPS) is 29.8. The van der Waals surface area contributed by atoms with Crippen LogP contribution in [-0.2, 0) is 9.47 Å². The van der Waals surface area contributed by atoms with Crippen LogP contribution in [0.5, 0.6) is 0 Å². The van der Waals surface area contributed by atoms with E-state index in [4.69, 9.17) is 9.47 Å². The lowest BCUT2D eigenvalue weighted by Gasteiger charge is -2.26. The molecule has 1 rings (SSSR count). The SMILES string of the molecule is CNC(COC(C)C)C1CCOC1C. The molecular formula is C11H23NO2. The van der Waals surface area contributed by atoms with Gasteiger partial charge in [0.05, 0.1) is 18.8 Å². The molecule has 84 valence electrons. The number of rotatable bonds is 5. The van der Waals surface area contributed by atoms with Crippen LogP contribution in [0.4, 0.5) is 0 Å². The molecule has 1 N–H and O–H groups in total. The average Bonchev–Trinajstić information content (AvgIpc) is 2.53. The lowest BCUT2D eigenvalue weighted by atomic mass is 9.94. The van der Waals surface area contributed by atoms with Crippen molar-refractivity contribution in [2.24, 2.45) is 5.92 Å². The summed E-state index contributed by atoms with van der Waals surface area (Å²) in [4.78, 5) is 0. The summed E-state index contributed by atoms with van der Waals surface area (Å²) in [6.45, 7) is 7.97. The predicted octanol–water partition coefficient (Wildman–Crippen LogP) is 1.42. The van der Waals surface area contributed by atoms with Crippen molar-refractivity contribution in [1.82, 2.24) is 5.32 Å². The third-order valence-corrected chi connectivity index (χ3v) is 2.93. The van der Waals surface area contributed by atoms with Crippen molar-refractivity contribution in [3.05, 3.63) is 0 Å². The van der Waals surface area contributed by atoms with Crippen LogP contribution in [0.15, 0.2) is 0 Å². The van der Waals surface area contributed by atoms with Crippen LogP contribution in [0.25, 0.3) is 0 Å². The summed E-state index contributed by atoms with van der Waals surface area (Å²) < 4.78 is 11.2. The van der Waals surface area contributed by atoms with Crippen LogP contribution < -0.4 is 5.32 Å². The second kappa shape index (κ2) is 5.69. The van der Waals surface area contributed by atoms with Crippen molar-refractivity contribution in [1.29, 1.82) is 0 Å². The number of likely N-dealkylation sites (N-methyl/N-ethyl adjacent to an activating group) is 1. The zero-order valence-electron chi connectivity index (χ0n) is 9.75. The predicted molar refractivity (Wildman–Crippen MR) is 57.5 cm³/mol. The molecule has 0 bridgehead atoms. The molecule has 0 aliphatic carbocycles. The number of hydrogen-bond acceptors (Lipinski definition) is 3. The van der Waals surface area contributed by atoms with E-state index in [1.54, 1.807) is 0 Å². The zero-order chi connectivity index (χ0) is 10.6. The molecule has 0 aromatic rings. The molecule has 1 saturated heterocycles. The molecule has 3 atom stereocenters. The van der Waals surface area contributed by atoms with Crippen molar-refractivity contribution >= 4 is 0 Å². The Morgan fingerprint density at radius 2 is 2.21 bits per heavy atom. The van der Waals surface area contributed by atoms with E-state index in [1.807, 2.05) is 7.05 Å². The van der Waals surface area contributed by atoms with Crippen molar-refractivity contribution < 1.29 is 9.47 Å². The standard InChI is InChI=1S/C11H23NO2/c1-8(2)14-7-11(12-4)10-5-6-13-9(10)3/h8-12H,5-7H2,1-4H3. The van der Waals surface area contributed by atoms with E-state index < -0.39 is 0 Å². The summed E-state index contributed by atoms with van der Waals surface area (Å²) in [7, 11) is 2.00. The average molecular weight is 201 g/mol. The van der Waals surface area contributed by atoms with Crippen LogP contribution in [0.3, 0.4) is 0 Å². The molecule has 3 heteroatoms. The summed E-state index contributed by atoms with van der Waals surface area (Å²) in [5.41, 5.74) is 0. The Labute approximate surface area is 87.2 Å². The first kappa shape index (κ1) is 12.0. The third kappa shape index (κ3) is 3.23. The van der Waals surface area contributed by atoms with Gasteiger partial charge >= 0.3 is 0 Å². The quantitative estimate of drug-likeness (QED) is 0.730. The molecule has 1 aliphatic heterocycles. The van der Waals surface area contributed by atoms with Gasteiger partial charge in [-0.1, -0.05) is 0 Å². The van der Waals surface area contributed by atoms with E-state index in [1.165, 1.54) is 0 Å². The van der Waals surface area contributed by atoms with E-state index in [2.05, 4.69) is 26.1 Å². The number of ether oxygens (including phenoxy) is 2. The molecular weight excluding hydrogens is 178 g/mol. The van der Waals surface area contributed by atoms with Gasteiger partial charge in [-0.25, -0.2) is 0 Å². The van der Waals surface area contributed by atoms with Crippen molar-refractivity contribution in [2.45, 2.75) is 45.4 Å². The lowest BCUT2D eigenvalue weighted by molar-refractivity contribution is 0.0337. The van der Waals surface area contributed by atoms with Crippen LogP contribution in [0, 0.1) is 5.92 Å². The Morgan fingerprint density at radius 1 is 1.50 bits per heavy atom. The fourth-order valence-electron chi connectivity index (χ4n) is 1.99. The summed E-state index contributed by atoms with van der Waals surface area (Å²) in [6, 6.07) is 0.426. The number of hydrogen-bond donors (Lipinski definition) is 1. The Kier molecular flexibility index (Phi) is 4.85. The fraction of sp³-hybridized carbons (Fsp3) is 1.00. The van der Waals surface area contributed by atoms with Gasteiger partial charge in [-0.2, -0.15) is 0 Å². The van der Waals surface area contributed by atoms with Crippen LogP contribution in [-0.4, -0.2) is 38.5 Å². The van der Waals surface area contributed by atoms with Gasteiger partial charge in [0.1, 0.15) is 0 Å². The van der Waals surface area contributed by atoms with Crippen molar-refractivity contribution in [2.75, 3.05) is 20.3 Å². The molecule has 14 heavy (non-hydrogen) atoms. The van der Waals surface area contributed by atoms with Gasteiger partial charge in [0.25, 0.3) is 0 Å². The maximum Gasteiger partial charge on any atom is 0.0626 e. The molecule has 0 saturated carbocycles. The van der Waals surface area contributed by atoms with Crippen LogP contribution >= 0.6 is 0 Å². The Morgan fingerprint density at radius 3 is 2.64 bits per heavy atom. The molecule has 0 radical (unpaired) electrons. The maximum atomic E-state index is 5.64.